The van der Waals surface area contributed by atoms with Crippen LogP contribution in [-0.2, 0) is 0 Å². The number of benzene rings is 1. The van der Waals surface area contributed by atoms with Crippen molar-refractivity contribution in [1.82, 2.24) is 4.98 Å². The van der Waals surface area contributed by atoms with Crippen molar-refractivity contribution in [3.05, 3.63) is 42.0 Å². The van der Waals surface area contributed by atoms with Gasteiger partial charge >= 0.3 is 0 Å². The molecule has 0 aliphatic heterocycles. The lowest BCUT2D eigenvalue weighted by atomic mass is 10.1. The number of pyridine rings is 1. The maximum Gasteiger partial charge on any atom is 0.224 e. The lowest BCUT2D eigenvalue weighted by molar-refractivity contribution is 0.112. The summed E-state index contributed by atoms with van der Waals surface area (Å²) in [6.07, 6.45) is 0.813. The predicted octanol–water partition coefficient (Wildman–Crippen LogP) is 2.58. The predicted molar refractivity (Wildman–Crippen MR) is 68.2 cm³/mol. The maximum atomic E-state index is 10.6. The molecule has 4 nitrogen and oxygen atoms in total. The second kappa shape index (κ2) is 5.31. The van der Waals surface area contributed by atoms with E-state index in [1.807, 2.05) is 18.2 Å². The Morgan fingerprint density at radius 2 is 1.72 bits per heavy atom. The highest BCUT2D eigenvalue weighted by molar-refractivity contribution is 5.77. The molecule has 0 unspecified atom stereocenters. The highest BCUT2D eigenvalue weighted by Gasteiger charge is 2.08. The average Bonchev–Trinajstić information content (AvgIpc) is 2.46. The van der Waals surface area contributed by atoms with Gasteiger partial charge in [0.25, 0.3) is 0 Å². The van der Waals surface area contributed by atoms with Crippen LogP contribution in [0.15, 0.2) is 36.4 Å². The Hall–Kier alpha value is -2.36. The Morgan fingerprint density at radius 3 is 2.28 bits per heavy atom. The van der Waals surface area contributed by atoms with Crippen molar-refractivity contribution < 1.29 is 14.3 Å². The molecule has 0 saturated heterocycles. The van der Waals surface area contributed by atoms with Crippen LogP contribution in [0.1, 0.15) is 10.4 Å². The molecule has 1 aromatic heterocycles. The number of aldehydes is 1. The van der Waals surface area contributed by atoms with Crippen molar-refractivity contribution in [2.45, 2.75) is 0 Å². The minimum atomic E-state index is 0.494. The zero-order valence-electron chi connectivity index (χ0n) is 10.2. The molecule has 0 amide bonds. The summed E-state index contributed by atoms with van der Waals surface area (Å²) in [5.41, 5.74) is 2.43. The molecule has 0 atom stereocenters. The smallest absolute Gasteiger partial charge is 0.224 e. The molecule has 1 heterocycles. The molecule has 2 aromatic rings. The molecule has 2 rings (SSSR count). The topological polar surface area (TPSA) is 48.4 Å². The first-order chi connectivity index (χ1) is 8.78. The molecule has 4 heteroatoms. The normalized spacial score (nSPS) is 9.89. The van der Waals surface area contributed by atoms with Gasteiger partial charge in [0.15, 0.2) is 0 Å². The van der Waals surface area contributed by atoms with Gasteiger partial charge in [0, 0.05) is 17.2 Å². The van der Waals surface area contributed by atoms with Gasteiger partial charge in [-0.25, -0.2) is 0 Å². The number of hydrogen-bond acceptors (Lipinski definition) is 4. The van der Waals surface area contributed by atoms with Crippen LogP contribution in [0.25, 0.3) is 11.1 Å². The summed E-state index contributed by atoms with van der Waals surface area (Å²) in [4.78, 5) is 14.8. The monoisotopic (exact) mass is 243 g/mol. The summed E-state index contributed by atoms with van der Waals surface area (Å²) < 4.78 is 10.3. The zero-order chi connectivity index (χ0) is 13.0. The standard InChI is InChI=1S/C14H13NO3/c1-17-13-8-7-12(14(15-13)18-2)11-5-3-10(9-16)4-6-11/h3-9H,1-2H3. The fourth-order valence-corrected chi connectivity index (χ4v) is 1.65. The lowest BCUT2D eigenvalue weighted by Crippen LogP contribution is -1.94. The van der Waals surface area contributed by atoms with Crippen molar-refractivity contribution in [3.8, 4) is 22.9 Å². The summed E-state index contributed by atoms with van der Waals surface area (Å²) in [5, 5.41) is 0. The molecule has 0 spiro atoms. The number of aromatic nitrogens is 1. The van der Waals surface area contributed by atoms with Crippen molar-refractivity contribution in [3.63, 3.8) is 0 Å². The van der Waals surface area contributed by atoms with Crippen LogP contribution < -0.4 is 9.47 Å². The molecular weight excluding hydrogens is 230 g/mol. The van der Waals surface area contributed by atoms with Gasteiger partial charge in [0.05, 0.1) is 14.2 Å². The van der Waals surface area contributed by atoms with E-state index in [1.54, 1.807) is 32.4 Å². The first kappa shape index (κ1) is 12.1. The Kier molecular flexibility index (Phi) is 3.57. The van der Waals surface area contributed by atoms with E-state index in [0.29, 0.717) is 17.3 Å². The van der Waals surface area contributed by atoms with E-state index >= 15 is 0 Å². The van der Waals surface area contributed by atoms with E-state index in [1.165, 1.54) is 0 Å². The number of methoxy groups -OCH3 is 2. The quantitative estimate of drug-likeness (QED) is 0.774. The van der Waals surface area contributed by atoms with Crippen LogP contribution in [0.5, 0.6) is 11.8 Å². The number of ether oxygens (including phenoxy) is 2. The van der Waals surface area contributed by atoms with Gasteiger partial charge in [-0.2, -0.15) is 4.98 Å². The molecule has 0 radical (unpaired) electrons. The van der Waals surface area contributed by atoms with E-state index in [4.69, 9.17) is 9.47 Å². The van der Waals surface area contributed by atoms with E-state index in [2.05, 4.69) is 4.98 Å². The minimum Gasteiger partial charge on any atom is -0.481 e. The fraction of sp³-hybridized carbons (Fsp3) is 0.143. The van der Waals surface area contributed by atoms with Crippen LogP contribution >= 0.6 is 0 Å². The molecule has 1 aromatic carbocycles. The summed E-state index contributed by atoms with van der Waals surface area (Å²) in [7, 11) is 3.12. The van der Waals surface area contributed by atoms with Gasteiger partial charge in [-0.1, -0.05) is 24.3 Å². The molecule has 0 bridgehead atoms. The number of nitrogens with zero attached hydrogens (tertiary/aromatic N) is 1. The van der Waals surface area contributed by atoms with Crippen molar-refractivity contribution >= 4 is 6.29 Å². The Balaban J connectivity index is 2.45. The van der Waals surface area contributed by atoms with Crippen LogP contribution in [0.4, 0.5) is 0 Å². The third-order valence-electron chi connectivity index (χ3n) is 2.59. The second-order valence-corrected chi connectivity index (χ2v) is 3.65. The average molecular weight is 243 g/mol. The van der Waals surface area contributed by atoms with Gasteiger partial charge in [0.2, 0.25) is 11.8 Å². The lowest BCUT2D eigenvalue weighted by Gasteiger charge is -2.09. The van der Waals surface area contributed by atoms with Gasteiger partial charge in [-0.05, 0) is 11.6 Å². The van der Waals surface area contributed by atoms with E-state index in [9.17, 15) is 4.79 Å². The molecule has 0 saturated carbocycles. The summed E-state index contributed by atoms with van der Waals surface area (Å²) >= 11 is 0. The zero-order valence-corrected chi connectivity index (χ0v) is 10.2. The van der Waals surface area contributed by atoms with Crippen LogP contribution in [0.2, 0.25) is 0 Å². The highest BCUT2D eigenvalue weighted by Crippen LogP contribution is 2.30. The third-order valence-corrected chi connectivity index (χ3v) is 2.59. The van der Waals surface area contributed by atoms with Gasteiger partial charge in [0.1, 0.15) is 6.29 Å². The Bertz CT molecular complexity index is 549. The fourth-order valence-electron chi connectivity index (χ4n) is 1.65. The summed E-state index contributed by atoms with van der Waals surface area (Å²) in [6.45, 7) is 0. The maximum absolute atomic E-state index is 10.6. The largest absolute Gasteiger partial charge is 0.481 e. The molecular formula is C14H13NO3. The second-order valence-electron chi connectivity index (χ2n) is 3.65. The van der Waals surface area contributed by atoms with Crippen molar-refractivity contribution in [2.75, 3.05) is 14.2 Å². The van der Waals surface area contributed by atoms with Gasteiger partial charge in [-0.3, -0.25) is 4.79 Å². The van der Waals surface area contributed by atoms with Gasteiger partial charge < -0.3 is 9.47 Å². The Morgan fingerprint density at radius 1 is 1.00 bits per heavy atom. The third kappa shape index (κ3) is 2.32. The number of carbonyl (C=O) groups excluding carboxylic acids is 1. The summed E-state index contributed by atoms with van der Waals surface area (Å²) in [6, 6.07) is 10.9. The first-order valence-electron chi connectivity index (χ1n) is 5.43. The van der Waals surface area contributed by atoms with E-state index < -0.39 is 0 Å². The van der Waals surface area contributed by atoms with Crippen LogP contribution in [0, 0.1) is 0 Å². The van der Waals surface area contributed by atoms with Crippen molar-refractivity contribution in [2.24, 2.45) is 0 Å². The van der Waals surface area contributed by atoms with Gasteiger partial charge in [-0.15, -0.1) is 0 Å². The first-order valence-corrected chi connectivity index (χ1v) is 5.43. The number of hydrogen-bond donors (Lipinski definition) is 0. The Labute approximate surface area is 105 Å². The molecule has 0 N–H and O–H groups in total. The van der Waals surface area contributed by atoms with E-state index in [0.717, 1.165) is 17.4 Å². The van der Waals surface area contributed by atoms with Crippen molar-refractivity contribution in [1.29, 1.82) is 0 Å². The number of carbonyl (C=O) groups is 1. The molecule has 92 valence electrons. The SMILES string of the molecule is COc1ccc(-c2ccc(C=O)cc2)c(OC)n1. The molecule has 0 aliphatic carbocycles. The highest BCUT2D eigenvalue weighted by atomic mass is 16.5. The molecule has 0 fully saturated rings. The van der Waals surface area contributed by atoms with Crippen LogP contribution in [0.3, 0.4) is 0 Å². The van der Waals surface area contributed by atoms with Crippen LogP contribution in [-0.4, -0.2) is 25.5 Å². The summed E-state index contributed by atoms with van der Waals surface area (Å²) in [5.74, 6) is 0.994. The molecule has 0 aliphatic rings. The van der Waals surface area contributed by atoms with E-state index in [-0.39, 0.29) is 0 Å². The molecule has 18 heavy (non-hydrogen) atoms. The minimum absolute atomic E-state index is 0.494. The number of rotatable bonds is 4.